The summed E-state index contributed by atoms with van der Waals surface area (Å²) in [5.41, 5.74) is 0.986. The quantitative estimate of drug-likeness (QED) is 0.637. The number of piperidine rings is 1. The fourth-order valence-corrected chi connectivity index (χ4v) is 3.69. The van der Waals surface area contributed by atoms with Crippen LogP contribution >= 0.6 is 0 Å². The van der Waals surface area contributed by atoms with Gasteiger partial charge in [0.2, 0.25) is 0 Å². The zero-order valence-electron chi connectivity index (χ0n) is 15.4. The summed E-state index contributed by atoms with van der Waals surface area (Å²) in [5, 5.41) is 0.677. The van der Waals surface area contributed by atoms with E-state index in [9.17, 15) is 13.6 Å². The number of Topliss-reactive ketones (excluding diaryl/α,β-unsaturated/α-hetero) is 1. The van der Waals surface area contributed by atoms with Crippen LogP contribution in [0.15, 0.2) is 42.7 Å². The minimum atomic E-state index is -0.484. The number of ether oxygens (including phenoxy) is 1. The van der Waals surface area contributed by atoms with Crippen LogP contribution in [0.4, 0.5) is 14.6 Å². The van der Waals surface area contributed by atoms with E-state index >= 15 is 0 Å². The van der Waals surface area contributed by atoms with Gasteiger partial charge in [0.1, 0.15) is 18.0 Å². The molecule has 4 rings (SSSR count). The Bertz CT molecular complexity index is 1020. The molecule has 1 fully saturated rings. The summed E-state index contributed by atoms with van der Waals surface area (Å²) >= 11 is 0. The second-order valence-corrected chi connectivity index (χ2v) is 6.86. The molecule has 2 heterocycles. The van der Waals surface area contributed by atoms with Crippen LogP contribution in [-0.4, -0.2) is 36.0 Å². The Labute approximate surface area is 161 Å². The highest BCUT2D eigenvalue weighted by Gasteiger charge is 2.28. The van der Waals surface area contributed by atoms with Gasteiger partial charge in [-0.15, -0.1) is 0 Å². The van der Waals surface area contributed by atoms with Crippen LogP contribution in [0.5, 0.6) is 5.75 Å². The van der Waals surface area contributed by atoms with Crippen LogP contribution in [-0.2, 0) is 0 Å². The first kappa shape index (κ1) is 18.3. The van der Waals surface area contributed by atoms with Gasteiger partial charge < -0.3 is 9.64 Å². The third-order valence-corrected chi connectivity index (χ3v) is 5.11. The maximum absolute atomic E-state index is 14.0. The molecule has 3 aromatic rings. The molecule has 2 aromatic carbocycles. The summed E-state index contributed by atoms with van der Waals surface area (Å²) < 4.78 is 32.2. The lowest BCUT2D eigenvalue weighted by Gasteiger charge is -2.33. The molecular weight excluding hydrogens is 364 g/mol. The van der Waals surface area contributed by atoms with E-state index in [0.717, 1.165) is 19.4 Å². The monoisotopic (exact) mass is 383 g/mol. The molecule has 0 bridgehead atoms. The minimum absolute atomic E-state index is 0.00770. The van der Waals surface area contributed by atoms with E-state index in [4.69, 9.17) is 4.74 Å². The molecule has 0 N–H and O–H groups in total. The van der Waals surface area contributed by atoms with E-state index in [2.05, 4.69) is 9.97 Å². The number of ketones is 1. The molecular formula is C21H19F2N3O2. The smallest absolute Gasteiger partial charge is 0.167 e. The number of hydrogen-bond acceptors (Lipinski definition) is 5. The summed E-state index contributed by atoms with van der Waals surface area (Å²) in [4.78, 5) is 23.4. The highest BCUT2D eigenvalue weighted by atomic mass is 19.1. The van der Waals surface area contributed by atoms with E-state index in [-0.39, 0.29) is 23.3 Å². The van der Waals surface area contributed by atoms with Crippen molar-refractivity contribution in [2.45, 2.75) is 12.8 Å². The number of fused-ring (bicyclic) bond motifs is 1. The molecule has 144 valence electrons. The van der Waals surface area contributed by atoms with Crippen molar-refractivity contribution in [2.75, 3.05) is 25.1 Å². The van der Waals surface area contributed by atoms with Crippen LogP contribution < -0.4 is 9.64 Å². The molecule has 0 spiro atoms. The number of benzene rings is 2. The first-order valence-electron chi connectivity index (χ1n) is 9.10. The lowest BCUT2D eigenvalue weighted by molar-refractivity contribution is 0.0907. The number of halogens is 2. The minimum Gasteiger partial charge on any atom is -0.494 e. The van der Waals surface area contributed by atoms with E-state index in [0.29, 0.717) is 28.8 Å². The number of anilines is 1. The van der Waals surface area contributed by atoms with Gasteiger partial charge in [-0.25, -0.2) is 18.7 Å². The van der Waals surface area contributed by atoms with Gasteiger partial charge in [-0.2, -0.15) is 0 Å². The average molecular weight is 383 g/mol. The third kappa shape index (κ3) is 3.40. The normalized spacial score (nSPS) is 17.0. The van der Waals surface area contributed by atoms with Gasteiger partial charge in [0.05, 0.1) is 12.6 Å². The zero-order valence-corrected chi connectivity index (χ0v) is 15.4. The van der Waals surface area contributed by atoms with Crippen LogP contribution in [0.25, 0.3) is 10.9 Å². The second kappa shape index (κ2) is 7.50. The summed E-state index contributed by atoms with van der Waals surface area (Å²) in [5.74, 6) is -0.296. The van der Waals surface area contributed by atoms with Crippen molar-refractivity contribution < 1.29 is 18.3 Å². The van der Waals surface area contributed by atoms with E-state index in [1.807, 2.05) is 4.90 Å². The van der Waals surface area contributed by atoms with Crippen molar-refractivity contribution in [1.82, 2.24) is 9.97 Å². The van der Waals surface area contributed by atoms with Crippen molar-refractivity contribution in [2.24, 2.45) is 5.92 Å². The Balaban J connectivity index is 1.64. The number of carbonyl (C=O) groups is 1. The molecule has 0 aliphatic carbocycles. The molecule has 1 aliphatic heterocycles. The summed E-state index contributed by atoms with van der Waals surface area (Å²) in [7, 11) is 1.41. The standard InChI is InChI=1S/C21H19F2N3O2/c1-28-19-9-16-18(10-17(19)23)24-12-25-21(16)26-8-2-3-14(11-26)20(27)13-4-6-15(22)7-5-13/h4-7,9-10,12,14H,2-3,8,11H2,1H3. The predicted molar refractivity (Wildman–Crippen MR) is 102 cm³/mol. The first-order valence-corrected chi connectivity index (χ1v) is 9.10. The molecule has 0 saturated carbocycles. The topological polar surface area (TPSA) is 55.3 Å². The predicted octanol–water partition coefficient (Wildman–Crippen LogP) is 4.02. The van der Waals surface area contributed by atoms with Crippen LogP contribution in [0.1, 0.15) is 23.2 Å². The van der Waals surface area contributed by atoms with Gasteiger partial charge in [-0.05, 0) is 43.2 Å². The molecule has 1 unspecified atom stereocenters. The van der Waals surface area contributed by atoms with E-state index in [1.54, 1.807) is 6.07 Å². The number of hydrogen-bond donors (Lipinski definition) is 0. The number of methoxy groups -OCH3 is 1. The third-order valence-electron chi connectivity index (χ3n) is 5.11. The fraction of sp³-hybridized carbons (Fsp3) is 0.286. The van der Waals surface area contributed by atoms with Gasteiger partial charge >= 0.3 is 0 Å². The zero-order chi connectivity index (χ0) is 19.7. The molecule has 0 amide bonds. The molecule has 5 nitrogen and oxygen atoms in total. The Hall–Kier alpha value is -3.09. The maximum Gasteiger partial charge on any atom is 0.167 e. The number of rotatable bonds is 4. The van der Waals surface area contributed by atoms with Gasteiger partial charge in [0.25, 0.3) is 0 Å². The Morgan fingerprint density at radius 2 is 1.96 bits per heavy atom. The van der Waals surface area contributed by atoms with Gasteiger partial charge in [0, 0.05) is 36.0 Å². The van der Waals surface area contributed by atoms with Crippen LogP contribution in [0, 0.1) is 17.6 Å². The van der Waals surface area contributed by atoms with Crippen molar-refractivity contribution >= 4 is 22.5 Å². The largest absolute Gasteiger partial charge is 0.494 e. The molecule has 0 radical (unpaired) electrons. The van der Waals surface area contributed by atoms with Crippen molar-refractivity contribution in [3.63, 3.8) is 0 Å². The molecule has 1 aliphatic rings. The average Bonchev–Trinajstić information content (AvgIpc) is 2.73. The van der Waals surface area contributed by atoms with E-state index < -0.39 is 5.82 Å². The summed E-state index contributed by atoms with van der Waals surface area (Å²) in [6.07, 6.45) is 2.98. The first-order chi connectivity index (χ1) is 13.6. The van der Waals surface area contributed by atoms with Crippen molar-refractivity contribution in [1.29, 1.82) is 0 Å². The van der Waals surface area contributed by atoms with E-state index in [1.165, 1.54) is 43.8 Å². The summed E-state index contributed by atoms with van der Waals surface area (Å²) in [6, 6.07) is 8.55. The Morgan fingerprint density at radius 3 is 2.71 bits per heavy atom. The second-order valence-electron chi connectivity index (χ2n) is 6.86. The molecule has 1 aromatic heterocycles. The highest BCUT2D eigenvalue weighted by molar-refractivity contribution is 5.98. The number of nitrogens with zero attached hydrogens (tertiary/aromatic N) is 3. The SMILES string of the molecule is COc1cc2c(N3CCCC(C(=O)c4ccc(F)cc4)C3)ncnc2cc1F. The Morgan fingerprint density at radius 1 is 1.18 bits per heavy atom. The van der Waals surface area contributed by atoms with Gasteiger partial charge in [-0.3, -0.25) is 4.79 Å². The summed E-state index contributed by atoms with van der Waals surface area (Å²) in [6.45, 7) is 1.22. The molecule has 1 saturated heterocycles. The van der Waals surface area contributed by atoms with Crippen LogP contribution in [0.2, 0.25) is 0 Å². The number of carbonyl (C=O) groups excluding carboxylic acids is 1. The van der Waals surface area contributed by atoms with Crippen molar-refractivity contribution in [3.05, 3.63) is 59.9 Å². The van der Waals surface area contributed by atoms with Crippen molar-refractivity contribution in [3.8, 4) is 5.75 Å². The fourth-order valence-electron chi connectivity index (χ4n) is 3.69. The molecule has 28 heavy (non-hydrogen) atoms. The molecule has 1 atom stereocenters. The maximum atomic E-state index is 14.0. The highest BCUT2D eigenvalue weighted by Crippen LogP contribution is 2.32. The van der Waals surface area contributed by atoms with Crippen LogP contribution in [0.3, 0.4) is 0 Å². The number of aromatic nitrogens is 2. The molecule has 7 heteroatoms. The van der Waals surface area contributed by atoms with Gasteiger partial charge in [0.15, 0.2) is 17.3 Å². The van der Waals surface area contributed by atoms with Gasteiger partial charge in [-0.1, -0.05) is 0 Å². The lowest BCUT2D eigenvalue weighted by atomic mass is 9.90. The lowest BCUT2D eigenvalue weighted by Crippen LogP contribution is -2.39. The Kier molecular flexibility index (Phi) is 4.90.